The Balaban J connectivity index is 1.70. The van der Waals surface area contributed by atoms with Gasteiger partial charge < -0.3 is 9.84 Å². The van der Waals surface area contributed by atoms with Crippen molar-refractivity contribution in [3.05, 3.63) is 64.4 Å². The third kappa shape index (κ3) is 3.20. The molecule has 2 aromatic carbocycles. The molecule has 1 heterocycles. The van der Waals surface area contributed by atoms with Gasteiger partial charge in [-0.2, -0.15) is 0 Å². The number of halogens is 2. The molecule has 4 heteroatoms. The van der Waals surface area contributed by atoms with E-state index in [9.17, 15) is 9.50 Å². The van der Waals surface area contributed by atoms with Crippen molar-refractivity contribution in [2.24, 2.45) is 0 Å². The van der Waals surface area contributed by atoms with Crippen LogP contribution in [0.2, 0.25) is 5.02 Å². The van der Waals surface area contributed by atoms with Crippen LogP contribution in [-0.2, 0) is 6.42 Å². The third-order valence-electron chi connectivity index (χ3n) is 3.87. The molecule has 0 bridgehead atoms. The van der Waals surface area contributed by atoms with Crippen molar-refractivity contribution in [3.63, 3.8) is 0 Å². The molecule has 0 saturated heterocycles. The maximum Gasteiger partial charge on any atom is 0.123 e. The molecule has 1 aliphatic heterocycles. The lowest BCUT2D eigenvalue weighted by Gasteiger charge is -2.19. The molecule has 2 aromatic rings. The molecule has 0 fully saturated rings. The lowest BCUT2D eigenvalue weighted by atomic mass is 9.92. The lowest BCUT2D eigenvalue weighted by molar-refractivity contribution is 0.179. The average molecular weight is 307 g/mol. The van der Waals surface area contributed by atoms with Gasteiger partial charge >= 0.3 is 0 Å². The molecule has 110 valence electrons. The van der Waals surface area contributed by atoms with Crippen LogP contribution < -0.4 is 4.74 Å². The molecule has 1 aliphatic rings. The van der Waals surface area contributed by atoms with Crippen LogP contribution in [0.15, 0.2) is 42.5 Å². The second-order valence-electron chi connectivity index (χ2n) is 5.36. The van der Waals surface area contributed by atoms with Crippen LogP contribution in [0.4, 0.5) is 4.39 Å². The van der Waals surface area contributed by atoms with Gasteiger partial charge in [-0.25, -0.2) is 4.39 Å². The van der Waals surface area contributed by atoms with Crippen LogP contribution >= 0.6 is 11.6 Å². The Morgan fingerprint density at radius 1 is 1.24 bits per heavy atom. The predicted molar refractivity (Wildman–Crippen MR) is 80.4 cm³/mol. The van der Waals surface area contributed by atoms with E-state index in [4.69, 9.17) is 16.3 Å². The Kier molecular flexibility index (Phi) is 4.13. The number of ether oxygens (including phenoxy) is 1. The first-order valence-electron chi connectivity index (χ1n) is 6.97. The summed E-state index contributed by atoms with van der Waals surface area (Å²) in [7, 11) is 0. The van der Waals surface area contributed by atoms with Crippen molar-refractivity contribution < 1.29 is 14.2 Å². The molecule has 0 radical (unpaired) electrons. The minimum atomic E-state index is -0.241. The Morgan fingerprint density at radius 3 is 2.71 bits per heavy atom. The fourth-order valence-electron chi connectivity index (χ4n) is 2.79. The van der Waals surface area contributed by atoms with Crippen LogP contribution in [0, 0.1) is 5.82 Å². The average Bonchev–Trinajstić information content (AvgIpc) is 2.87. The van der Waals surface area contributed by atoms with Gasteiger partial charge in [-0.05, 0) is 42.3 Å². The predicted octanol–water partition coefficient (Wildman–Crippen LogP) is 3.95. The fraction of sp³-hybridized carbons (Fsp3) is 0.294. The minimum absolute atomic E-state index is 0.00794. The highest BCUT2D eigenvalue weighted by molar-refractivity contribution is 6.30. The Hall–Kier alpha value is -1.58. The van der Waals surface area contributed by atoms with E-state index in [-0.39, 0.29) is 24.4 Å². The summed E-state index contributed by atoms with van der Waals surface area (Å²) in [5.41, 5.74) is 1.93. The normalized spacial score (nSPS) is 18.1. The SMILES string of the molecule is OCC(CC1Cc2cc(F)ccc2O1)c1ccc(Cl)cc1. The van der Waals surface area contributed by atoms with Crippen LogP contribution in [-0.4, -0.2) is 17.8 Å². The summed E-state index contributed by atoms with van der Waals surface area (Å²) in [6.07, 6.45) is 1.33. The van der Waals surface area contributed by atoms with Crippen molar-refractivity contribution in [2.45, 2.75) is 24.9 Å². The Bertz CT molecular complexity index is 627. The molecule has 2 unspecified atom stereocenters. The van der Waals surface area contributed by atoms with Gasteiger partial charge in [0.05, 0.1) is 6.61 Å². The lowest BCUT2D eigenvalue weighted by Crippen LogP contribution is -2.19. The largest absolute Gasteiger partial charge is 0.490 e. The number of benzene rings is 2. The molecule has 0 aromatic heterocycles. The zero-order valence-electron chi connectivity index (χ0n) is 11.4. The second-order valence-corrected chi connectivity index (χ2v) is 5.80. The Labute approximate surface area is 128 Å². The quantitative estimate of drug-likeness (QED) is 0.927. The van der Waals surface area contributed by atoms with Crippen LogP contribution in [0.1, 0.15) is 23.5 Å². The topological polar surface area (TPSA) is 29.5 Å². The molecular formula is C17H16ClFO2. The molecule has 0 aliphatic carbocycles. The summed E-state index contributed by atoms with van der Waals surface area (Å²) in [6.45, 7) is 0.0478. The molecule has 21 heavy (non-hydrogen) atoms. The zero-order chi connectivity index (χ0) is 14.8. The van der Waals surface area contributed by atoms with Crippen molar-refractivity contribution in [1.29, 1.82) is 0 Å². The smallest absolute Gasteiger partial charge is 0.123 e. The summed E-state index contributed by atoms with van der Waals surface area (Å²) in [4.78, 5) is 0. The Morgan fingerprint density at radius 2 is 2.00 bits per heavy atom. The molecule has 0 spiro atoms. The first-order chi connectivity index (χ1) is 10.2. The molecular weight excluding hydrogens is 291 g/mol. The number of hydrogen-bond acceptors (Lipinski definition) is 2. The van der Waals surface area contributed by atoms with Gasteiger partial charge in [-0.3, -0.25) is 0 Å². The first kappa shape index (κ1) is 14.4. The van der Waals surface area contributed by atoms with Gasteiger partial charge in [-0.15, -0.1) is 0 Å². The standard InChI is InChI=1S/C17H16ClFO2/c18-14-3-1-11(2-4-14)13(10-20)9-16-8-12-7-15(19)5-6-17(12)21-16/h1-7,13,16,20H,8-10H2. The fourth-order valence-corrected chi connectivity index (χ4v) is 2.91. The highest BCUT2D eigenvalue weighted by Gasteiger charge is 2.26. The van der Waals surface area contributed by atoms with E-state index in [1.165, 1.54) is 12.1 Å². The van der Waals surface area contributed by atoms with Crippen LogP contribution in [0.5, 0.6) is 5.75 Å². The maximum atomic E-state index is 13.2. The van der Waals surface area contributed by atoms with E-state index in [1.54, 1.807) is 6.07 Å². The van der Waals surface area contributed by atoms with E-state index in [2.05, 4.69) is 0 Å². The van der Waals surface area contributed by atoms with E-state index in [0.29, 0.717) is 17.9 Å². The van der Waals surface area contributed by atoms with Crippen molar-refractivity contribution in [2.75, 3.05) is 6.61 Å². The number of hydrogen-bond donors (Lipinski definition) is 1. The monoisotopic (exact) mass is 306 g/mol. The molecule has 0 saturated carbocycles. The van der Waals surface area contributed by atoms with Crippen molar-refractivity contribution in [3.8, 4) is 5.75 Å². The highest BCUT2D eigenvalue weighted by Crippen LogP contribution is 2.34. The molecule has 2 nitrogen and oxygen atoms in total. The van der Waals surface area contributed by atoms with Gasteiger partial charge in [0.1, 0.15) is 17.7 Å². The number of fused-ring (bicyclic) bond motifs is 1. The van der Waals surface area contributed by atoms with E-state index < -0.39 is 0 Å². The summed E-state index contributed by atoms with van der Waals surface area (Å²) in [6, 6.07) is 12.1. The summed E-state index contributed by atoms with van der Waals surface area (Å²) in [5, 5.41) is 10.3. The third-order valence-corrected chi connectivity index (χ3v) is 4.12. The van der Waals surface area contributed by atoms with Crippen molar-refractivity contribution >= 4 is 11.6 Å². The van der Waals surface area contributed by atoms with E-state index in [1.807, 2.05) is 24.3 Å². The first-order valence-corrected chi connectivity index (χ1v) is 7.35. The van der Waals surface area contributed by atoms with Crippen LogP contribution in [0.25, 0.3) is 0 Å². The zero-order valence-corrected chi connectivity index (χ0v) is 12.2. The number of aliphatic hydroxyl groups is 1. The van der Waals surface area contributed by atoms with E-state index >= 15 is 0 Å². The summed E-state index contributed by atoms with van der Waals surface area (Å²) < 4.78 is 19.0. The minimum Gasteiger partial charge on any atom is -0.490 e. The molecule has 0 amide bonds. The van der Waals surface area contributed by atoms with Gasteiger partial charge in [0, 0.05) is 22.9 Å². The van der Waals surface area contributed by atoms with Gasteiger partial charge in [0.25, 0.3) is 0 Å². The van der Waals surface area contributed by atoms with Gasteiger partial charge in [0.15, 0.2) is 0 Å². The molecule has 1 N–H and O–H groups in total. The van der Waals surface area contributed by atoms with E-state index in [0.717, 1.165) is 16.9 Å². The van der Waals surface area contributed by atoms with Crippen LogP contribution in [0.3, 0.4) is 0 Å². The van der Waals surface area contributed by atoms with Gasteiger partial charge in [0.2, 0.25) is 0 Å². The second kappa shape index (κ2) is 6.04. The molecule has 2 atom stereocenters. The number of aliphatic hydroxyl groups excluding tert-OH is 1. The summed E-state index contributed by atoms with van der Waals surface area (Å²) in [5.74, 6) is 0.495. The highest BCUT2D eigenvalue weighted by atomic mass is 35.5. The van der Waals surface area contributed by atoms with Crippen molar-refractivity contribution in [1.82, 2.24) is 0 Å². The maximum absolute atomic E-state index is 13.2. The number of rotatable bonds is 4. The molecule has 3 rings (SSSR count). The summed E-state index contributed by atoms with van der Waals surface area (Å²) >= 11 is 5.88. The van der Waals surface area contributed by atoms with Gasteiger partial charge in [-0.1, -0.05) is 23.7 Å².